The van der Waals surface area contributed by atoms with E-state index in [1.807, 2.05) is 54.6 Å². The van der Waals surface area contributed by atoms with E-state index >= 15 is 0 Å². The molecule has 0 atom stereocenters. The lowest BCUT2D eigenvalue weighted by Crippen LogP contribution is -2.30. The minimum Gasteiger partial charge on any atom is -0.372 e. The van der Waals surface area contributed by atoms with Crippen LogP contribution in [0.4, 0.5) is 0 Å². The van der Waals surface area contributed by atoms with Crippen LogP contribution in [0.5, 0.6) is 0 Å². The molecule has 0 spiro atoms. The summed E-state index contributed by atoms with van der Waals surface area (Å²) in [4.78, 5) is 12.9. The lowest BCUT2D eigenvalue weighted by molar-refractivity contribution is 0.0942. The van der Waals surface area contributed by atoms with Crippen LogP contribution in [0.15, 0.2) is 71.8 Å². The molecule has 2 aromatic carbocycles. The van der Waals surface area contributed by atoms with Crippen LogP contribution in [0.1, 0.15) is 41.0 Å². The molecule has 1 aromatic heterocycles. The fourth-order valence-electron chi connectivity index (χ4n) is 3.58. The molecular weight excluding hydrogens is 438 g/mol. The van der Waals surface area contributed by atoms with Crippen molar-refractivity contribution >= 4 is 15.9 Å². The van der Waals surface area contributed by atoms with Crippen LogP contribution in [-0.2, 0) is 41.6 Å². The number of hydrogen-bond donors (Lipinski definition) is 1. The minimum absolute atomic E-state index is 0.122. The number of nitrogens with zero attached hydrogens (tertiary/aromatic N) is 2. The van der Waals surface area contributed by atoms with Crippen molar-refractivity contribution < 1.29 is 17.9 Å². The number of carbonyl (C=O) groups excluding carboxylic acids is 1. The third-order valence-electron chi connectivity index (χ3n) is 5.38. The average Bonchev–Trinajstić information content (AvgIpc) is 3.22. The highest BCUT2D eigenvalue weighted by Crippen LogP contribution is 2.18. The number of aromatic nitrogens is 1. The predicted octanol–water partition coefficient (Wildman–Crippen LogP) is 3.70. The van der Waals surface area contributed by atoms with Crippen molar-refractivity contribution in [3.8, 4) is 0 Å². The molecule has 0 aliphatic heterocycles. The fraction of sp³-hybridized carbons (Fsp3) is 0.320. The Morgan fingerprint density at radius 3 is 2.27 bits per heavy atom. The van der Waals surface area contributed by atoms with Gasteiger partial charge >= 0.3 is 0 Å². The van der Waals surface area contributed by atoms with Crippen molar-refractivity contribution in [3.05, 3.63) is 89.2 Å². The number of ether oxygens (including phenoxy) is 1. The molecule has 0 unspecified atom stereocenters. The summed E-state index contributed by atoms with van der Waals surface area (Å²) in [7, 11) is -1.95. The van der Waals surface area contributed by atoms with Crippen LogP contribution in [-0.4, -0.2) is 36.3 Å². The maximum atomic E-state index is 12.7. The van der Waals surface area contributed by atoms with Gasteiger partial charge in [-0.25, -0.2) is 8.42 Å². The van der Waals surface area contributed by atoms with Crippen molar-refractivity contribution in [3.63, 3.8) is 0 Å². The number of nitrogens with one attached hydrogen (secondary N) is 1. The van der Waals surface area contributed by atoms with E-state index in [-0.39, 0.29) is 10.8 Å². The second-order valence-corrected chi connectivity index (χ2v) is 9.68. The summed E-state index contributed by atoms with van der Waals surface area (Å²) in [5.41, 5.74) is 3.37. The number of sulfonamides is 1. The van der Waals surface area contributed by atoms with Gasteiger partial charge in [-0.2, -0.15) is 4.31 Å². The zero-order valence-corrected chi connectivity index (χ0v) is 20.1. The predicted molar refractivity (Wildman–Crippen MR) is 128 cm³/mol. The van der Waals surface area contributed by atoms with Crippen molar-refractivity contribution in [1.82, 2.24) is 14.2 Å². The van der Waals surface area contributed by atoms with Gasteiger partial charge in [-0.05, 0) is 22.8 Å². The first kappa shape index (κ1) is 24.7. The molecule has 7 nitrogen and oxygen atoms in total. The lowest BCUT2D eigenvalue weighted by atomic mass is 10.1. The lowest BCUT2D eigenvalue weighted by Gasteiger charge is -2.17. The molecule has 0 aliphatic rings. The Hall–Kier alpha value is -2.94. The standard InChI is InChI=1S/C25H31N3O4S/c1-4-28(5-2)33(30,31)23-15-24(27(3)17-23)25(29)26-16-21-12-9-13-22(14-21)19-32-18-20-10-7-6-8-11-20/h6-15,17H,4-5,16,18-19H2,1-3H3,(H,26,29). The molecule has 1 N–H and O–H groups in total. The number of rotatable bonds is 11. The molecule has 0 bridgehead atoms. The van der Waals surface area contributed by atoms with Gasteiger partial charge in [0.25, 0.3) is 5.91 Å². The van der Waals surface area contributed by atoms with Gasteiger partial charge in [-0.15, -0.1) is 0 Å². The van der Waals surface area contributed by atoms with Crippen LogP contribution >= 0.6 is 0 Å². The molecule has 3 rings (SSSR count). The molecule has 0 fully saturated rings. The second kappa shape index (κ2) is 11.3. The highest BCUT2D eigenvalue weighted by molar-refractivity contribution is 7.89. The normalized spacial score (nSPS) is 11.6. The largest absolute Gasteiger partial charge is 0.372 e. The van der Waals surface area contributed by atoms with E-state index in [9.17, 15) is 13.2 Å². The van der Waals surface area contributed by atoms with E-state index in [0.29, 0.717) is 38.5 Å². The quantitative estimate of drug-likeness (QED) is 0.464. The van der Waals surface area contributed by atoms with Gasteiger partial charge in [0.2, 0.25) is 10.0 Å². The maximum absolute atomic E-state index is 12.7. The van der Waals surface area contributed by atoms with E-state index in [1.165, 1.54) is 16.6 Å². The highest BCUT2D eigenvalue weighted by atomic mass is 32.2. The van der Waals surface area contributed by atoms with Gasteiger partial charge in [-0.3, -0.25) is 4.79 Å². The molecule has 3 aromatic rings. The van der Waals surface area contributed by atoms with Gasteiger partial charge < -0.3 is 14.6 Å². The number of benzene rings is 2. The Morgan fingerprint density at radius 2 is 1.58 bits per heavy atom. The second-order valence-electron chi connectivity index (χ2n) is 7.74. The van der Waals surface area contributed by atoms with E-state index in [4.69, 9.17) is 4.74 Å². The number of aryl methyl sites for hydroxylation is 1. The molecule has 0 saturated carbocycles. The van der Waals surface area contributed by atoms with Crippen LogP contribution in [0, 0.1) is 0 Å². The van der Waals surface area contributed by atoms with Gasteiger partial charge in [-0.1, -0.05) is 68.4 Å². The third-order valence-corrected chi connectivity index (χ3v) is 7.40. The summed E-state index contributed by atoms with van der Waals surface area (Å²) in [6.45, 7) is 5.67. The van der Waals surface area contributed by atoms with E-state index in [1.54, 1.807) is 25.5 Å². The highest BCUT2D eigenvalue weighted by Gasteiger charge is 2.25. The Kier molecular flexibility index (Phi) is 8.43. The van der Waals surface area contributed by atoms with Crippen LogP contribution in [0.2, 0.25) is 0 Å². The monoisotopic (exact) mass is 469 g/mol. The summed E-state index contributed by atoms with van der Waals surface area (Å²) in [6, 6.07) is 19.3. The Bertz CT molecular complexity index is 1170. The van der Waals surface area contributed by atoms with Gasteiger partial charge in [0, 0.05) is 32.9 Å². The third kappa shape index (κ3) is 6.31. The topological polar surface area (TPSA) is 80.6 Å². The molecule has 0 radical (unpaired) electrons. The molecule has 176 valence electrons. The summed E-state index contributed by atoms with van der Waals surface area (Å²) in [6.07, 6.45) is 1.48. The van der Waals surface area contributed by atoms with E-state index in [2.05, 4.69) is 5.32 Å². The first-order valence-electron chi connectivity index (χ1n) is 11.0. The smallest absolute Gasteiger partial charge is 0.268 e. The van der Waals surface area contributed by atoms with Crippen LogP contribution in [0.25, 0.3) is 0 Å². The molecule has 8 heteroatoms. The molecule has 1 amide bonds. The van der Waals surface area contributed by atoms with Crippen molar-refractivity contribution in [2.45, 2.75) is 38.5 Å². The van der Waals surface area contributed by atoms with E-state index in [0.717, 1.165) is 16.7 Å². The Morgan fingerprint density at radius 1 is 0.939 bits per heavy atom. The fourth-order valence-corrected chi connectivity index (χ4v) is 5.11. The van der Waals surface area contributed by atoms with E-state index < -0.39 is 10.0 Å². The van der Waals surface area contributed by atoms with Crippen LogP contribution in [0.3, 0.4) is 0 Å². The summed E-state index contributed by atoms with van der Waals surface area (Å²) >= 11 is 0. The first-order chi connectivity index (χ1) is 15.8. The molecule has 1 heterocycles. The number of carbonyl (C=O) groups is 1. The minimum atomic E-state index is -3.62. The Labute approximate surface area is 196 Å². The maximum Gasteiger partial charge on any atom is 0.268 e. The van der Waals surface area contributed by atoms with Crippen molar-refractivity contribution in [2.75, 3.05) is 13.1 Å². The SMILES string of the molecule is CCN(CC)S(=O)(=O)c1cc(C(=O)NCc2cccc(COCc3ccccc3)c2)n(C)c1. The number of hydrogen-bond acceptors (Lipinski definition) is 4. The molecule has 33 heavy (non-hydrogen) atoms. The summed E-state index contributed by atoms with van der Waals surface area (Å²) in [5.74, 6) is -0.329. The van der Waals surface area contributed by atoms with Crippen molar-refractivity contribution in [2.24, 2.45) is 7.05 Å². The number of amides is 1. The average molecular weight is 470 g/mol. The Balaban J connectivity index is 1.60. The molecular formula is C25H31N3O4S. The van der Waals surface area contributed by atoms with Gasteiger partial charge in [0.05, 0.1) is 13.2 Å². The zero-order chi connectivity index (χ0) is 23.8. The zero-order valence-electron chi connectivity index (χ0n) is 19.3. The van der Waals surface area contributed by atoms with Crippen LogP contribution < -0.4 is 5.32 Å². The first-order valence-corrected chi connectivity index (χ1v) is 12.4. The summed E-state index contributed by atoms with van der Waals surface area (Å²) < 4.78 is 34.2. The van der Waals surface area contributed by atoms with Gasteiger partial charge in [0.15, 0.2) is 0 Å². The summed E-state index contributed by atoms with van der Waals surface area (Å²) in [5, 5.41) is 2.88. The van der Waals surface area contributed by atoms with Crippen molar-refractivity contribution in [1.29, 1.82) is 0 Å². The molecule has 0 aliphatic carbocycles. The molecule has 0 saturated heterocycles. The van der Waals surface area contributed by atoms with Gasteiger partial charge in [0.1, 0.15) is 10.6 Å².